The summed E-state index contributed by atoms with van der Waals surface area (Å²) >= 11 is 0. The van der Waals surface area contributed by atoms with Crippen molar-refractivity contribution in [2.45, 2.75) is 387 Å². The summed E-state index contributed by atoms with van der Waals surface area (Å²) in [5, 5.41) is 28.4. The van der Waals surface area contributed by atoms with Crippen LogP contribution in [-0.2, 0) is 48.1 Å². The van der Waals surface area contributed by atoms with Crippen molar-refractivity contribution in [3.8, 4) is 0 Å². The molecular formula is C113H213N15O11. The van der Waals surface area contributed by atoms with Crippen molar-refractivity contribution in [1.82, 2.24) is 69.0 Å². The van der Waals surface area contributed by atoms with Crippen molar-refractivity contribution < 1.29 is 53.3 Å². The molecule has 11 aliphatic rings. The molecule has 0 radical (unpaired) electrons. The Bertz CT molecular complexity index is 3510. The zero-order valence-electron chi connectivity index (χ0n) is 90.7. The van der Waals surface area contributed by atoms with Crippen LogP contribution in [0, 0.1) is 52.2 Å². The molecule has 13 rings (SSSR count). The van der Waals surface area contributed by atoms with Crippen LogP contribution in [-0.4, -0.2) is 358 Å². The van der Waals surface area contributed by atoms with E-state index in [9.17, 15) is 43.5 Å². The minimum absolute atomic E-state index is 0. The van der Waals surface area contributed by atoms with Crippen LogP contribution in [0.5, 0.6) is 0 Å². The first-order valence-corrected chi connectivity index (χ1v) is 52.7. The number of piperazine rings is 3. The van der Waals surface area contributed by atoms with E-state index in [1.807, 2.05) is 63.5 Å². The number of aliphatic hydroxyl groups is 1. The van der Waals surface area contributed by atoms with Gasteiger partial charge in [0.2, 0.25) is 0 Å². The standard InChI is InChI=1S/C16H23N.C14H19NO2.C11H23N3O.C11H21NO.C10H20N2O.3C10H19NO.C9H19N3.C8H15NO3.4CH4/c1-13(2)17-9-7-16(8-10-17)11-14-5-3-4-6-15(14)12-16;1-4-17-14(16)15-9-11-7-5-6-8-12(11)13(15)10(2)3;1-9(2)12-11(15)14-7-5-13(6-8-14)10(3)4;1-9(2)11-4-6-12(7-5-11)8-10(3)13;1-9(2)12-6-4-11(5-7-12)8-10(3)13;3*1-8(2)11-6-4-10(5-7-11)9(3)12;1-8(2)11-4-6-12(7-5-11)9(3)10;1-5(2)7-3-6(10)4-9(7)8(11)12;;;;/h3-6,13H,7-12H2,1-2H3;5-8,10,13H,4,9H2,1-3H3;9-10H,5-8H2,1-4H3,(H,12,15);9,11H,4-8H2,1-3H3;9H,4-8H2,1-3H3;4*8,10H,4-7H2,1-3H3;5-7,10H,3-4H2,1-2H3,(H,11,12);4*1H4/t;;;;;;;;;6-,7?;;;;/m.........0..../s1. The van der Waals surface area contributed by atoms with E-state index < -0.39 is 12.2 Å². The topological polar surface area (TPSA) is 264 Å². The van der Waals surface area contributed by atoms with Gasteiger partial charge in [0.25, 0.3) is 0 Å². The number of fused-ring (bicyclic) bond motifs is 2. The number of amides is 4. The van der Waals surface area contributed by atoms with Crippen LogP contribution < -0.4 is 5.32 Å². The van der Waals surface area contributed by atoms with Crippen molar-refractivity contribution >= 4 is 53.0 Å². The van der Waals surface area contributed by atoms with Crippen molar-refractivity contribution in [3.63, 3.8) is 0 Å². The number of carboxylic acid groups (broad SMARTS) is 1. The van der Waals surface area contributed by atoms with Gasteiger partial charge < -0.3 is 54.6 Å². The number of rotatable bonds is 19. The number of nitrogens with zero attached hydrogens (tertiary/aromatic N) is 13. The number of ketones is 5. The fourth-order valence-corrected chi connectivity index (χ4v) is 20.5. The number of Topliss-reactive ketones (excluding diaryl/α,β-unsaturated/α-hetero) is 5. The largest absolute Gasteiger partial charge is 0.465 e. The van der Waals surface area contributed by atoms with Gasteiger partial charge in [0.15, 0.2) is 0 Å². The Labute approximate surface area is 850 Å². The molecule has 26 heteroatoms. The van der Waals surface area contributed by atoms with Crippen molar-refractivity contribution in [1.29, 1.82) is 5.41 Å². The van der Waals surface area contributed by atoms with Crippen molar-refractivity contribution in [3.05, 3.63) is 70.8 Å². The van der Waals surface area contributed by atoms with Gasteiger partial charge in [-0.1, -0.05) is 120 Å². The lowest BCUT2D eigenvalue weighted by molar-refractivity contribution is -0.123. The van der Waals surface area contributed by atoms with Crippen LogP contribution in [0.3, 0.4) is 0 Å². The molecule has 4 amide bonds. The molecule has 806 valence electrons. The molecule has 1 spiro atoms. The first kappa shape index (κ1) is 133. The molecule has 10 heterocycles. The molecular weight excluding hydrogens is 1740 g/mol. The van der Waals surface area contributed by atoms with Crippen LogP contribution in [0.25, 0.3) is 0 Å². The number of carbonyl (C=O) groups is 8. The Hall–Kier alpha value is -6.33. The van der Waals surface area contributed by atoms with Crippen molar-refractivity contribution in [2.24, 2.45) is 46.8 Å². The minimum Gasteiger partial charge on any atom is -0.465 e. The van der Waals surface area contributed by atoms with Crippen LogP contribution in [0.1, 0.15) is 329 Å². The molecule has 0 bridgehead atoms. The maximum Gasteiger partial charge on any atom is 0.410 e. The van der Waals surface area contributed by atoms with Gasteiger partial charge in [-0.15, -0.1) is 0 Å². The molecule has 9 saturated heterocycles. The fourth-order valence-electron chi connectivity index (χ4n) is 20.5. The highest BCUT2D eigenvalue weighted by molar-refractivity contribution is 5.80. The molecule has 10 aliphatic heterocycles. The maximum absolute atomic E-state index is 11.9. The van der Waals surface area contributed by atoms with Crippen LogP contribution >= 0.6 is 0 Å². The predicted octanol–water partition coefficient (Wildman–Crippen LogP) is 19.7. The highest BCUT2D eigenvalue weighted by Crippen LogP contribution is 2.45. The molecule has 0 saturated carbocycles. The Morgan fingerprint density at radius 1 is 0.410 bits per heavy atom. The number of piperidine rings is 5. The summed E-state index contributed by atoms with van der Waals surface area (Å²) in [4.78, 5) is 118. The van der Waals surface area contributed by atoms with Crippen molar-refractivity contribution in [2.75, 3.05) is 170 Å². The van der Waals surface area contributed by atoms with E-state index in [4.69, 9.17) is 15.3 Å². The third kappa shape index (κ3) is 48.0. The Balaban J connectivity index is 0.00000152. The zero-order valence-corrected chi connectivity index (χ0v) is 90.7. The van der Waals surface area contributed by atoms with Gasteiger partial charge in [0.1, 0.15) is 28.9 Å². The highest BCUT2D eigenvalue weighted by atomic mass is 16.6. The number of β-amino-alcohol motifs (C(OH)–C–C–N with tert-alkyl or cyclic N) is 1. The van der Waals surface area contributed by atoms with E-state index >= 15 is 0 Å². The molecule has 0 aromatic heterocycles. The van der Waals surface area contributed by atoms with Gasteiger partial charge in [-0.2, -0.15) is 0 Å². The Kier molecular flexibility index (Phi) is 65.0. The van der Waals surface area contributed by atoms with Crippen LogP contribution in [0.15, 0.2) is 48.5 Å². The average molecular weight is 1960 g/mol. The Morgan fingerprint density at radius 2 is 0.741 bits per heavy atom. The van der Waals surface area contributed by atoms with E-state index in [2.05, 4.69) is 215 Å². The summed E-state index contributed by atoms with van der Waals surface area (Å²) in [6.45, 7) is 86.5. The quantitative estimate of drug-likeness (QED) is 0.0752. The molecule has 26 nitrogen and oxygen atoms in total. The lowest BCUT2D eigenvalue weighted by atomic mass is 9.76. The molecule has 2 unspecified atom stereocenters. The Morgan fingerprint density at radius 3 is 1.04 bits per heavy atom. The number of hydrogen-bond donors (Lipinski definition) is 4. The molecule has 3 atom stereocenters. The third-order valence-electron chi connectivity index (χ3n) is 29.7. The second kappa shape index (κ2) is 68.1. The van der Waals surface area contributed by atoms with Crippen LogP contribution in [0.2, 0.25) is 0 Å². The van der Waals surface area contributed by atoms with E-state index in [0.717, 1.165) is 187 Å². The zero-order chi connectivity index (χ0) is 101. The number of amidine groups is 1. The minimum atomic E-state index is -0.926. The first-order valence-electron chi connectivity index (χ1n) is 52.7. The summed E-state index contributed by atoms with van der Waals surface area (Å²) in [7, 11) is 0. The van der Waals surface area contributed by atoms with Crippen LogP contribution in [0.4, 0.5) is 14.4 Å². The smallest absolute Gasteiger partial charge is 0.410 e. The second-order valence-electron chi connectivity index (χ2n) is 43.7. The SMILES string of the molecule is C.C.C.C.CC(=N)N1CCN(C(C)C)CC1.CC(=O)C1CCN(C(C)C)CC1.CC(=O)C1CCN(C(C)C)CC1.CC(=O)C1CCN(C(C)C)CC1.CC(=O)CN1CCC(C(C)C)CC1.CC(=O)CN1CCN(C(C)C)CC1.CC(C)C1C[C@H](O)CN1C(=O)O.CC(C)N1CCC2(CC1)Cc1ccccc1C2.CC(C)NC(=O)N1CCN(C(C)C)CC1.CCOC(=O)N1Cc2ccccc2C1C(C)C. The van der Waals surface area contributed by atoms with Gasteiger partial charge in [0.05, 0.1) is 44.2 Å². The molecule has 139 heavy (non-hydrogen) atoms. The summed E-state index contributed by atoms with van der Waals surface area (Å²) in [6, 6.07) is 22.2. The molecule has 2 aromatic carbocycles. The van der Waals surface area contributed by atoms with E-state index in [1.54, 1.807) is 45.7 Å². The lowest BCUT2D eigenvalue weighted by Crippen LogP contribution is -2.54. The summed E-state index contributed by atoms with van der Waals surface area (Å²) < 4.78 is 5.12. The number of aliphatic hydroxyl groups excluding tert-OH is 1. The normalized spacial score (nSPS) is 20.9. The molecule has 4 N–H and O–H groups in total. The number of nitrogens with one attached hydrogen (secondary N) is 2. The highest BCUT2D eigenvalue weighted by Gasteiger charge is 2.42. The average Bonchev–Trinajstić information content (AvgIpc) is 1.63. The summed E-state index contributed by atoms with van der Waals surface area (Å²) in [5.41, 5.74) is 6.33. The van der Waals surface area contributed by atoms with Gasteiger partial charge in [0, 0.05) is 157 Å². The van der Waals surface area contributed by atoms with E-state index in [-0.39, 0.29) is 78.2 Å². The summed E-state index contributed by atoms with van der Waals surface area (Å²) in [5.74, 6) is 5.79. The number of benzene rings is 2. The third-order valence-corrected chi connectivity index (χ3v) is 29.7. The van der Waals surface area contributed by atoms with E-state index in [0.29, 0.717) is 127 Å². The number of ether oxygens (including phenoxy) is 1. The van der Waals surface area contributed by atoms with Gasteiger partial charge in [-0.25, -0.2) is 14.4 Å². The number of urea groups is 1. The molecule has 1 aliphatic carbocycles. The van der Waals surface area contributed by atoms with E-state index in [1.165, 1.54) is 67.6 Å². The number of likely N-dealkylation sites (tertiary alicyclic amines) is 6. The van der Waals surface area contributed by atoms with Gasteiger partial charge in [-0.3, -0.25) is 58.8 Å². The van der Waals surface area contributed by atoms with Gasteiger partial charge >= 0.3 is 18.2 Å². The van der Waals surface area contributed by atoms with Gasteiger partial charge in [-0.05, 0) is 360 Å². The molecule has 2 aromatic rings. The predicted molar refractivity (Wildman–Crippen MR) is 582 cm³/mol. The molecule has 9 fully saturated rings. The first-order chi connectivity index (χ1) is 63.5. The maximum atomic E-state index is 11.9. The number of hydrogen-bond acceptors (Lipinski definition) is 20. The number of carbonyl (C=O) groups excluding carboxylic acids is 7. The monoisotopic (exact) mass is 1960 g/mol. The second-order valence-corrected chi connectivity index (χ2v) is 43.7. The summed E-state index contributed by atoms with van der Waals surface area (Å²) in [6.07, 6.45) is 13.3. The lowest BCUT2D eigenvalue weighted by Gasteiger charge is -2.41. The fraction of sp³-hybridized carbons (Fsp3) is 0.814.